The molecule has 0 unspecified atom stereocenters. The first-order chi connectivity index (χ1) is 16.6. The van der Waals surface area contributed by atoms with Crippen LogP contribution < -0.4 is 15.0 Å². The monoisotopic (exact) mass is 696 g/mol. The fourth-order valence-corrected chi connectivity index (χ4v) is 5.80. The zero-order chi connectivity index (χ0) is 25.3. The van der Waals surface area contributed by atoms with Gasteiger partial charge in [0, 0.05) is 0 Å². The van der Waals surface area contributed by atoms with E-state index in [1.54, 1.807) is 36.4 Å². The van der Waals surface area contributed by atoms with Crippen molar-refractivity contribution in [3.05, 3.63) is 95.4 Å². The van der Waals surface area contributed by atoms with Crippen LogP contribution in [-0.2, 0) is 16.2 Å². The van der Waals surface area contributed by atoms with E-state index in [0.717, 1.165) is 28.7 Å². The first-order valence-corrected chi connectivity index (χ1v) is 12.6. The summed E-state index contributed by atoms with van der Waals surface area (Å²) in [5.41, 5.74) is 3.48. The average molecular weight is 696 g/mol. The highest BCUT2D eigenvalue weighted by Crippen LogP contribution is 2.31. The largest absolute Gasteiger partial charge is 0.487 e. The van der Waals surface area contributed by atoms with Crippen molar-refractivity contribution in [1.29, 1.82) is 0 Å². The Morgan fingerprint density at radius 2 is 1.54 bits per heavy atom. The van der Waals surface area contributed by atoms with Gasteiger partial charge in [-0.25, -0.2) is 14.1 Å². The van der Waals surface area contributed by atoms with Gasteiger partial charge in [-0.3, -0.25) is 14.9 Å². The number of halogens is 3. The number of imide groups is 2. The van der Waals surface area contributed by atoms with Crippen LogP contribution >= 0.6 is 45.2 Å². The lowest BCUT2D eigenvalue weighted by molar-refractivity contribution is -0.122. The number of carbonyl (C=O) groups is 3. The predicted molar refractivity (Wildman–Crippen MR) is 148 cm³/mol. The molecule has 0 aromatic heterocycles. The molecule has 1 aliphatic heterocycles. The third-order valence-corrected chi connectivity index (χ3v) is 6.80. The molecule has 0 saturated carbocycles. The number of amides is 4. The SMILES string of the molecule is Cc1cc(C)cc(N2C(=O)NC(=O)/C(=C\c3cc(I)c(OCc4ccc(F)cc4)c(I)c3)C2=O)c1. The fourth-order valence-electron chi connectivity index (χ4n) is 3.68. The number of nitrogens with zero attached hydrogens (tertiary/aromatic N) is 1. The Morgan fingerprint density at radius 1 is 0.943 bits per heavy atom. The van der Waals surface area contributed by atoms with E-state index in [0.29, 0.717) is 17.0 Å². The lowest BCUT2D eigenvalue weighted by atomic mass is 10.1. The molecule has 1 N–H and O–H groups in total. The van der Waals surface area contributed by atoms with E-state index in [-0.39, 0.29) is 18.0 Å². The highest BCUT2D eigenvalue weighted by Gasteiger charge is 2.37. The Kier molecular flexibility index (Phi) is 7.55. The first-order valence-electron chi connectivity index (χ1n) is 10.5. The molecule has 1 fully saturated rings. The van der Waals surface area contributed by atoms with Gasteiger partial charge in [-0.05, 0) is 124 Å². The normalized spacial score (nSPS) is 14.9. The molecule has 35 heavy (non-hydrogen) atoms. The molecule has 3 aromatic carbocycles. The van der Waals surface area contributed by atoms with E-state index in [1.165, 1.54) is 18.2 Å². The van der Waals surface area contributed by atoms with Crippen LogP contribution in [0.2, 0.25) is 0 Å². The van der Waals surface area contributed by atoms with Gasteiger partial charge in [0.2, 0.25) is 0 Å². The Hall–Kier alpha value is -2.80. The Balaban J connectivity index is 1.62. The summed E-state index contributed by atoms with van der Waals surface area (Å²) >= 11 is 4.24. The fraction of sp³-hybridized carbons (Fsp3) is 0.115. The standard InChI is InChI=1S/C26H19FI2N2O4/c1-14-7-15(2)9-19(8-14)31-25(33)20(24(32)30-26(31)34)10-17-11-21(28)23(22(29)12-17)35-13-16-3-5-18(27)6-4-16/h3-12H,13H2,1-2H3,(H,30,32,34)/b20-10+. The molecular formula is C26H19FI2N2O4. The summed E-state index contributed by atoms with van der Waals surface area (Å²) in [6, 6.07) is 14.2. The number of rotatable bonds is 5. The molecule has 0 atom stereocenters. The van der Waals surface area contributed by atoms with Crippen LogP contribution in [0.25, 0.3) is 6.08 Å². The van der Waals surface area contributed by atoms with Gasteiger partial charge in [0.05, 0.1) is 12.8 Å². The van der Waals surface area contributed by atoms with Gasteiger partial charge >= 0.3 is 6.03 Å². The third-order valence-electron chi connectivity index (χ3n) is 5.19. The second-order valence-electron chi connectivity index (χ2n) is 8.03. The summed E-state index contributed by atoms with van der Waals surface area (Å²) in [4.78, 5) is 39.2. The lowest BCUT2D eigenvalue weighted by Gasteiger charge is -2.27. The van der Waals surface area contributed by atoms with Crippen LogP contribution in [0.15, 0.2) is 60.2 Å². The number of hydrogen-bond acceptors (Lipinski definition) is 4. The van der Waals surface area contributed by atoms with Crippen LogP contribution in [-0.4, -0.2) is 17.8 Å². The van der Waals surface area contributed by atoms with Crippen molar-refractivity contribution in [2.24, 2.45) is 0 Å². The number of nitrogens with one attached hydrogen (secondary N) is 1. The molecule has 4 amide bonds. The van der Waals surface area contributed by atoms with Gasteiger partial charge in [-0.15, -0.1) is 0 Å². The molecule has 0 aliphatic carbocycles. The van der Waals surface area contributed by atoms with Crippen LogP contribution in [0.1, 0.15) is 22.3 Å². The zero-order valence-electron chi connectivity index (χ0n) is 18.7. The molecular weight excluding hydrogens is 677 g/mol. The number of anilines is 1. The maximum absolute atomic E-state index is 13.2. The second-order valence-corrected chi connectivity index (χ2v) is 10.4. The summed E-state index contributed by atoms with van der Waals surface area (Å²) < 4.78 is 20.6. The molecule has 1 heterocycles. The van der Waals surface area contributed by atoms with E-state index >= 15 is 0 Å². The quantitative estimate of drug-likeness (QED) is 0.205. The van der Waals surface area contributed by atoms with Crippen LogP contribution in [0.4, 0.5) is 14.9 Å². The Bertz CT molecular complexity index is 1340. The van der Waals surface area contributed by atoms with Crippen molar-refractivity contribution >= 4 is 74.8 Å². The van der Waals surface area contributed by atoms with Gasteiger partial charge in [-0.1, -0.05) is 18.2 Å². The number of ether oxygens (including phenoxy) is 1. The van der Waals surface area contributed by atoms with Crippen molar-refractivity contribution in [3.8, 4) is 5.75 Å². The number of aryl methyl sites for hydroxylation is 2. The van der Waals surface area contributed by atoms with Crippen LogP contribution in [0.5, 0.6) is 5.75 Å². The van der Waals surface area contributed by atoms with E-state index < -0.39 is 17.8 Å². The maximum Gasteiger partial charge on any atom is 0.335 e. The van der Waals surface area contributed by atoms with Crippen molar-refractivity contribution in [2.75, 3.05) is 4.90 Å². The lowest BCUT2D eigenvalue weighted by Crippen LogP contribution is -2.54. The van der Waals surface area contributed by atoms with Crippen molar-refractivity contribution in [3.63, 3.8) is 0 Å². The van der Waals surface area contributed by atoms with Gasteiger partial charge in [-0.2, -0.15) is 0 Å². The molecule has 1 saturated heterocycles. The average Bonchev–Trinajstić information content (AvgIpc) is 2.76. The smallest absolute Gasteiger partial charge is 0.335 e. The Morgan fingerprint density at radius 3 is 2.14 bits per heavy atom. The Labute approximate surface area is 228 Å². The van der Waals surface area contributed by atoms with E-state index in [9.17, 15) is 18.8 Å². The molecule has 1 aliphatic rings. The molecule has 0 radical (unpaired) electrons. The number of carbonyl (C=O) groups excluding carboxylic acids is 3. The van der Waals surface area contributed by atoms with Crippen molar-refractivity contribution in [2.45, 2.75) is 20.5 Å². The maximum atomic E-state index is 13.2. The molecule has 9 heteroatoms. The van der Waals surface area contributed by atoms with Gasteiger partial charge in [0.25, 0.3) is 11.8 Å². The number of barbiturate groups is 1. The first kappa shape index (κ1) is 25.3. The van der Waals surface area contributed by atoms with Gasteiger partial charge < -0.3 is 4.74 Å². The topological polar surface area (TPSA) is 75.7 Å². The summed E-state index contributed by atoms with van der Waals surface area (Å²) in [5, 5.41) is 2.25. The summed E-state index contributed by atoms with van der Waals surface area (Å²) in [5.74, 6) is -1.11. The third kappa shape index (κ3) is 5.72. The highest BCUT2D eigenvalue weighted by molar-refractivity contribution is 14.1. The summed E-state index contributed by atoms with van der Waals surface area (Å²) in [7, 11) is 0. The van der Waals surface area contributed by atoms with E-state index in [4.69, 9.17) is 4.74 Å². The second kappa shape index (κ2) is 10.4. The highest BCUT2D eigenvalue weighted by atomic mass is 127. The summed E-state index contributed by atoms with van der Waals surface area (Å²) in [6.45, 7) is 4.00. The van der Waals surface area contributed by atoms with Crippen LogP contribution in [0.3, 0.4) is 0 Å². The molecule has 0 bridgehead atoms. The van der Waals surface area contributed by atoms with Crippen molar-refractivity contribution in [1.82, 2.24) is 5.32 Å². The van der Waals surface area contributed by atoms with Gasteiger partial charge in [0.1, 0.15) is 23.7 Å². The predicted octanol–water partition coefficient (Wildman–Crippen LogP) is 5.90. The number of hydrogen-bond donors (Lipinski definition) is 1. The molecule has 178 valence electrons. The molecule has 4 rings (SSSR count). The minimum Gasteiger partial charge on any atom is -0.487 e. The number of benzene rings is 3. The molecule has 0 spiro atoms. The van der Waals surface area contributed by atoms with Crippen molar-refractivity contribution < 1.29 is 23.5 Å². The minimum absolute atomic E-state index is 0.143. The molecule has 3 aromatic rings. The van der Waals surface area contributed by atoms with Crippen LogP contribution in [0, 0.1) is 26.8 Å². The summed E-state index contributed by atoms with van der Waals surface area (Å²) in [6.07, 6.45) is 1.47. The molecule has 6 nitrogen and oxygen atoms in total. The van der Waals surface area contributed by atoms with E-state index in [2.05, 4.69) is 50.5 Å². The minimum atomic E-state index is -0.782. The zero-order valence-corrected chi connectivity index (χ0v) is 23.0. The van der Waals surface area contributed by atoms with Gasteiger partial charge in [0.15, 0.2) is 0 Å². The number of urea groups is 1. The van der Waals surface area contributed by atoms with E-state index in [1.807, 2.05) is 19.9 Å².